The van der Waals surface area contributed by atoms with Crippen LogP contribution in [0.1, 0.15) is 62.4 Å². The number of hydrogen-bond donors (Lipinski definition) is 1. The summed E-state index contributed by atoms with van der Waals surface area (Å²) < 4.78 is 0. The van der Waals surface area contributed by atoms with Crippen molar-refractivity contribution >= 4 is 0 Å². The Hall–Kier alpha value is -1.76. The first-order valence-corrected chi connectivity index (χ1v) is 7.95. The summed E-state index contributed by atoms with van der Waals surface area (Å²) in [5.41, 5.74) is 6.02. The van der Waals surface area contributed by atoms with E-state index in [9.17, 15) is 5.11 Å². The highest BCUT2D eigenvalue weighted by Gasteiger charge is 2.26. The SMILES string of the molecule is Cc1ccc(C(C)(C)c2ccc(O)c(C(C)(C)C)c2)cc1C. The van der Waals surface area contributed by atoms with Crippen molar-refractivity contribution in [1.29, 1.82) is 0 Å². The van der Waals surface area contributed by atoms with Crippen molar-refractivity contribution in [3.05, 3.63) is 64.2 Å². The largest absolute Gasteiger partial charge is 0.508 e. The van der Waals surface area contributed by atoms with Crippen LogP contribution in [0.4, 0.5) is 0 Å². The Morgan fingerprint density at radius 3 is 1.82 bits per heavy atom. The van der Waals surface area contributed by atoms with Crippen LogP contribution in [0, 0.1) is 13.8 Å². The topological polar surface area (TPSA) is 20.2 Å². The zero-order valence-electron chi connectivity index (χ0n) is 14.9. The Balaban J connectivity index is 2.56. The van der Waals surface area contributed by atoms with Crippen LogP contribution in [0.25, 0.3) is 0 Å². The van der Waals surface area contributed by atoms with Gasteiger partial charge in [0.05, 0.1) is 0 Å². The number of rotatable bonds is 2. The minimum absolute atomic E-state index is 0.0701. The summed E-state index contributed by atoms with van der Waals surface area (Å²) in [7, 11) is 0. The number of phenols is 1. The molecule has 0 fully saturated rings. The summed E-state index contributed by atoms with van der Waals surface area (Å²) >= 11 is 0. The van der Waals surface area contributed by atoms with E-state index in [1.54, 1.807) is 0 Å². The number of benzene rings is 2. The average Bonchev–Trinajstić information content (AvgIpc) is 2.40. The van der Waals surface area contributed by atoms with Crippen molar-refractivity contribution in [1.82, 2.24) is 0 Å². The smallest absolute Gasteiger partial charge is 0.119 e. The summed E-state index contributed by atoms with van der Waals surface area (Å²) in [5, 5.41) is 10.2. The van der Waals surface area contributed by atoms with E-state index in [-0.39, 0.29) is 10.8 Å². The molecule has 0 bridgehead atoms. The quantitative estimate of drug-likeness (QED) is 0.761. The Labute approximate surface area is 135 Å². The highest BCUT2D eigenvalue weighted by atomic mass is 16.3. The molecule has 2 aromatic carbocycles. The molecule has 0 aliphatic carbocycles. The lowest BCUT2D eigenvalue weighted by Gasteiger charge is -2.29. The van der Waals surface area contributed by atoms with Gasteiger partial charge in [-0.25, -0.2) is 0 Å². The molecule has 0 spiro atoms. The van der Waals surface area contributed by atoms with E-state index in [2.05, 4.69) is 72.7 Å². The van der Waals surface area contributed by atoms with Gasteiger partial charge in [-0.3, -0.25) is 0 Å². The maximum atomic E-state index is 10.2. The second-order valence-corrected chi connectivity index (χ2v) is 7.91. The fourth-order valence-corrected chi connectivity index (χ4v) is 2.82. The molecular weight excluding hydrogens is 268 g/mol. The standard InChI is InChI=1S/C21H28O/c1-14-8-9-16(12-15(14)2)21(6,7)17-10-11-19(22)18(13-17)20(3,4)5/h8-13,22H,1-7H3. The van der Waals surface area contributed by atoms with E-state index in [0.717, 1.165) is 5.56 Å². The van der Waals surface area contributed by atoms with Gasteiger partial charge in [0.15, 0.2) is 0 Å². The fourth-order valence-electron chi connectivity index (χ4n) is 2.82. The molecular formula is C21H28O. The van der Waals surface area contributed by atoms with Gasteiger partial charge in [-0.2, -0.15) is 0 Å². The van der Waals surface area contributed by atoms with Gasteiger partial charge in [0.25, 0.3) is 0 Å². The van der Waals surface area contributed by atoms with Crippen LogP contribution in [0.2, 0.25) is 0 Å². The van der Waals surface area contributed by atoms with Crippen molar-refractivity contribution in [2.45, 2.75) is 59.3 Å². The molecule has 0 aliphatic heterocycles. The van der Waals surface area contributed by atoms with Crippen LogP contribution in [-0.4, -0.2) is 5.11 Å². The predicted octanol–water partition coefficient (Wildman–Crippen LogP) is 5.63. The molecule has 1 N–H and O–H groups in total. The zero-order chi connectivity index (χ0) is 16.7. The van der Waals surface area contributed by atoms with Gasteiger partial charge in [0.2, 0.25) is 0 Å². The minimum atomic E-state index is -0.0911. The molecule has 2 rings (SSSR count). The van der Waals surface area contributed by atoms with Crippen LogP contribution in [0.5, 0.6) is 5.75 Å². The first-order valence-electron chi connectivity index (χ1n) is 7.95. The summed E-state index contributed by atoms with van der Waals surface area (Å²) in [6, 6.07) is 12.7. The van der Waals surface area contributed by atoms with Crippen LogP contribution < -0.4 is 0 Å². The van der Waals surface area contributed by atoms with Crippen molar-refractivity contribution in [2.75, 3.05) is 0 Å². The molecule has 0 amide bonds. The second-order valence-electron chi connectivity index (χ2n) is 7.91. The Bertz CT molecular complexity index is 688. The van der Waals surface area contributed by atoms with E-state index >= 15 is 0 Å². The lowest BCUT2D eigenvalue weighted by atomic mass is 9.75. The Morgan fingerprint density at radius 1 is 0.727 bits per heavy atom. The van der Waals surface area contributed by atoms with Gasteiger partial charge in [-0.15, -0.1) is 0 Å². The summed E-state index contributed by atoms with van der Waals surface area (Å²) in [5.74, 6) is 0.382. The fraction of sp³-hybridized carbons (Fsp3) is 0.429. The molecule has 1 nitrogen and oxygen atoms in total. The second kappa shape index (κ2) is 5.46. The lowest BCUT2D eigenvalue weighted by Crippen LogP contribution is -2.21. The molecule has 0 atom stereocenters. The van der Waals surface area contributed by atoms with Crippen LogP contribution in [-0.2, 0) is 10.8 Å². The van der Waals surface area contributed by atoms with E-state index in [0.29, 0.717) is 5.75 Å². The summed E-state index contributed by atoms with van der Waals surface area (Å²) in [6.45, 7) is 15.2. The van der Waals surface area contributed by atoms with Crippen molar-refractivity contribution in [3.8, 4) is 5.75 Å². The molecule has 2 aromatic rings. The first-order chi connectivity index (χ1) is 10.0. The number of hydrogen-bond acceptors (Lipinski definition) is 1. The summed E-state index contributed by atoms with van der Waals surface area (Å²) in [6.07, 6.45) is 0. The van der Waals surface area contributed by atoms with Gasteiger partial charge >= 0.3 is 0 Å². The van der Waals surface area contributed by atoms with Crippen LogP contribution in [0.15, 0.2) is 36.4 Å². The van der Waals surface area contributed by atoms with Gasteiger partial charge in [0, 0.05) is 5.41 Å². The molecule has 22 heavy (non-hydrogen) atoms. The zero-order valence-corrected chi connectivity index (χ0v) is 14.9. The summed E-state index contributed by atoms with van der Waals surface area (Å²) in [4.78, 5) is 0. The molecule has 1 heteroatoms. The average molecular weight is 296 g/mol. The molecule has 0 unspecified atom stereocenters. The predicted molar refractivity (Wildman–Crippen MR) is 94.9 cm³/mol. The van der Waals surface area contributed by atoms with Gasteiger partial charge in [0.1, 0.15) is 5.75 Å². The van der Waals surface area contributed by atoms with Crippen LogP contribution in [0.3, 0.4) is 0 Å². The van der Waals surface area contributed by atoms with Crippen molar-refractivity contribution in [2.24, 2.45) is 0 Å². The van der Waals surface area contributed by atoms with E-state index in [1.165, 1.54) is 22.3 Å². The highest BCUT2D eigenvalue weighted by molar-refractivity contribution is 5.47. The molecule has 0 heterocycles. The minimum Gasteiger partial charge on any atom is -0.508 e. The molecule has 0 saturated carbocycles. The third-order valence-corrected chi connectivity index (χ3v) is 4.75. The lowest BCUT2D eigenvalue weighted by molar-refractivity contribution is 0.445. The highest BCUT2D eigenvalue weighted by Crippen LogP contribution is 2.38. The van der Waals surface area contributed by atoms with Crippen molar-refractivity contribution in [3.63, 3.8) is 0 Å². The van der Waals surface area contributed by atoms with E-state index in [1.807, 2.05) is 12.1 Å². The van der Waals surface area contributed by atoms with Gasteiger partial charge < -0.3 is 5.11 Å². The van der Waals surface area contributed by atoms with Gasteiger partial charge in [-0.05, 0) is 53.1 Å². The number of aryl methyl sites for hydroxylation is 2. The maximum Gasteiger partial charge on any atom is 0.119 e. The van der Waals surface area contributed by atoms with E-state index in [4.69, 9.17) is 0 Å². The van der Waals surface area contributed by atoms with E-state index < -0.39 is 0 Å². The maximum absolute atomic E-state index is 10.2. The number of aromatic hydroxyl groups is 1. The third kappa shape index (κ3) is 3.04. The normalized spacial score (nSPS) is 12.5. The number of phenolic OH excluding ortho intramolecular Hbond substituents is 1. The first kappa shape index (κ1) is 16.6. The molecule has 0 aliphatic rings. The third-order valence-electron chi connectivity index (χ3n) is 4.75. The Kier molecular flexibility index (Phi) is 4.12. The molecule has 0 radical (unpaired) electrons. The monoisotopic (exact) mass is 296 g/mol. The van der Waals surface area contributed by atoms with Gasteiger partial charge in [-0.1, -0.05) is 65.0 Å². The van der Waals surface area contributed by atoms with Crippen LogP contribution >= 0.6 is 0 Å². The molecule has 0 saturated heterocycles. The Morgan fingerprint density at radius 2 is 1.27 bits per heavy atom. The van der Waals surface area contributed by atoms with Crippen molar-refractivity contribution < 1.29 is 5.11 Å². The molecule has 118 valence electrons. The molecule has 0 aromatic heterocycles.